The lowest BCUT2D eigenvalue weighted by molar-refractivity contribution is 0.624. The number of halogens is 1. The van der Waals surface area contributed by atoms with Crippen molar-refractivity contribution in [1.82, 2.24) is 0 Å². The van der Waals surface area contributed by atoms with Gasteiger partial charge in [0.05, 0.1) is 0 Å². The van der Waals surface area contributed by atoms with Crippen molar-refractivity contribution < 1.29 is 4.39 Å². The smallest absolute Gasteiger partial charge is 0.124 e. The molecule has 0 spiro atoms. The van der Waals surface area contributed by atoms with E-state index in [1.807, 2.05) is 11.8 Å². The molecule has 1 aromatic carbocycles. The molecule has 0 radical (unpaired) electrons. The summed E-state index contributed by atoms with van der Waals surface area (Å²) >= 11 is 3.50. The minimum Gasteiger partial charge on any atom is -0.398 e. The summed E-state index contributed by atoms with van der Waals surface area (Å²) in [6.45, 7) is 2.13. The first-order valence-corrected chi connectivity index (χ1v) is 6.63. The van der Waals surface area contributed by atoms with Crippen LogP contribution in [-0.2, 0) is 0 Å². The van der Waals surface area contributed by atoms with Crippen molar-refractivity contribution in [2.45, 2.75) is 11.8 Å². The third-order valence-electron chi connectivity index (χ3n) is 1.66. The van der Waals surface area contributed by atoms with Gasteiger partial charge in [0.25, 0.3) is 0 Å². The van der Waals surface area contributed by atoms with Crippen LogP contribution in [0.25, 0.3) is 0 Å². The highest BCUT2D eigenvalue weighted by Gasteiger charge is 2.01. The van der Waals surface area contributed by atoms with E-state index in [0.717, 1.165) is 22.2 Å². The van der Waals surface area contributed by atoms with Crippen LogP contribution in [0.1, 0.15) is 6.92 Å². The Kier molecular flexibility index (Phi) is 5.19. The monoisotopic (exact) mass is 231 g/mol. The second-order valence-corrected chi connectivity index (χ2v) is 5.26. The first kappa shape index (κ1) is 11.7. The normalized spacial score (nSPS) is 10.4. The summed E-state index contributed by atoms with van der Waals surface area (Å²) in [5, 5.41) is 0. The van der Waals surface area contributed by atoms with Crippen molar-refractivity contribution in [1.29, 1.82) is 0 Å². The van der Waals surface area contributed by atoms with Crippen LogP contribution in [0.15, 0.2) is 23.1 Å². The number of benzene rings is 1. The highest BCUT2D eigenvalue weighted by Crippen LogP contribution is 2.26. The van der Waals surface area contributed by atoms with Gasteiger partial charge < -0.3 is 5.73 Å². The molecule has 0 atom stereocenters. The largest absolute Gasteiger partial charge is 0.398 e. The SMILES string of the molecule is CCSCCSc1cc(F)ccc1N. The average molecular weight is 231 g/mol. The first-order chi connectivity index (χ1) is 6.74. The highest BCUT2D eigenvalue weighted by molar-refractivity contribution is 8.03. The van der Waals surface area contributed by atoms with E-state index < -0.39 is 0 Å². The predicted octanol–water partition coefficient (Wildman–Crippen LogP) is 3.25. The van der Waals surface area contributed by atoms with Gasteiger partial charge in [-0.2, -0.15) is 11.8 Å². The lowest BCUT2D eigenvalue weighted by atomic mass is 10.3. The van der Waals surface area contributed by atoms with Crippen LogP contribution >= 0.6 is 23.5 Å². The third kappa shape index (κ3) is 3.80. The second-order valence-electron chi connectivity index (χ2n) is 2.73. The van der Waals surface area contributed by atoms with Crippen molar-refractivity contribution in [2.24, 2.45) is 0 Å². The molecule has 14 heavy (non-hydrogen) atoms. The van der Waals surface area contributed by atoms with Crippen molar-refractivity contribution in [2.75, 3.05) is 23.0 Å². The molecule has 0 amide bonds. The maximum atomic E-state index is 12.8. The Morgan fingerprint density at radius 3 is 2.86 bits per heavy atom. The highest BCUT2D eigenvalue weighted by atomic mass is 32.2. The van der Waals surface area contributed by atoms with Crippen molar-refractivity contribution in [3.05, 3.63) is 24.0 Å². The molecule has 0 saturated heterocycles. The van der Waals surface area contributed by atoms with Gasteiger partial charge in [-0.15, -0.1) is 11.8 Å². The summed E-state index contributed by atoms with van der Waals surface area (Å²) in [5.74, 6) is 2.97. The number of thioether (sulfide) groups is 2. The Bertz CT molecular complexity index is 291. The van der Waals surface area contributed by atoms with Gasteiger partial charge in [-0.3, -0.25) is 0 Å². The van der Waals surface area contributed by atoms with Crippen LogP contribution in [0.5, 0.6) is 0 Å². The maximum Gasteiger partial charge on any atom is 0.124 e. The molecule has 0 heterocycles. The predicted molar refractivity (Wildman–Crippen MR) is 64.5 cm³/mol. The van der Waals surface area contributed by atoms with Crippen molar-refractivity contribution in [3.8, 4) is 0 Å². The van der Waals surface area contributed by atoms with Gasteiger partial charge >= 0.3 is 0 Å². The molecule has 0 aliphatic rings. The number of hydrogen-bond acceptors (Lipinski definition) is 3. The third-order valence-corrected chi connectivity index (χ3v) is 3.90. The van der Waals surface area contributed by atoms with Crippen LogP contribution in [-0.4, -0.2) is 17.3 Å². The Balaban J connectivity index is 2.45. The fraction of sp³-hybridized carbons (Fsp3) is 0.400. The molecule has 1 nitrogen and oxygen atoms in total. The van der Waals surface area contributed by atoms with E-state index >= 15 is 0 Å². The van der Waals surface area contributed by atoms with Crippen molar-refractivity contribution in [3.63, 3.8) is 0 Å². The van der Waals surface area contributed by atoms with Crippen LogP contribution < -0.4 is 5.73 Å². The zero-order valence-corrected chi connectivity index (χ0v) is 9.76. The molecule has 0 unspecified atom stereocenters. The van der Waals surface area contributed by atoms with E-state index in [1.165, 1.54) is 12.1 Å². The lowest BCUT2D eigenvalue weighted by Crippen LogP contribution is -1.91. The standard InChI is InChI=1S/C10H14FNS2/c1-2-13-5-6-14-10-7-8(11)3-4-9(10)12/h3-4,7H,2,5-6,12H2,1H3. The van der Waals surface area contributed by atoms with Gasteiger partial charge in [-0.25, -0.2) is 4.39 Å². The van der Waals surface area contributed by atoms with Gasteiger partial charge in [-0.1, -0.05) is 6.92 Å². The van der Waals surface area contributed by atoms with Gasteiger partial charge in [-0.05, 0) is 24.0 Å². The van der Waals surface area contributed by atoms with Crippen LogP contribution in [0.2, 0.25) is 0 Å². The topological polar surface area (TPSA) is 26.0 Å². The summed E-state index contributed by atoms with van der Waals surface area (Å²) < 4.78 is 12.8. The number of nitrogens with two attached hydrogens (primary N) is 1. The van der Waals surface area contributed by atoms with E-state index in [2.05, 4.69) is 6.92 Å². The van der Waals surface area contributed by atoms with E-state index in [9.17, 15) is 4.39 Å². The first-order valence-electron chi connectivity index (χ1n) is 4.49. The molecule has 2 N–H and O–H groups in total. The fourth-order valence-electron chi connectivity index (χ4n) is 0.988. The van der Waals surface area contributed by atoms with E-state index in [-0.39, 0.29) is 5.82 Å². The summed E-state index contributed by atoms with van der Waals surface area (Å²) in [5.41, 5.74) is 6.37. The molecule has 0 fully saturated rings. The average Bonchev–Trinajstić information content (AvgIpc) is 2.18. The minimum absolute atomic E-state index is 0.218. The van der Waals surface area contributed by atoms with Gasteiger partial charge in [0.1, 0.15) is 5.82 Å². The number of anilines is 1. The molecular weight excluding hydrogens is 217 g/mol. The van der Waals surface area contributed by atoms with Crippen LogP contribution in [0, 0.1) is 5.82 Å². The molecule has 0 aliphatic carbocycles. The Hall–Kier alpha value is -0.350. The summed E-state index contributed by atoms with van der Waals surface area (Å²) in [6.07, 6.45) is 0. The van der Waals surface area contributed by atoms with Crippen molar-refractivity contribution >= 4 is 29.2 Å². The molecule has 0 aliphatic heterocycles. The van der Waals surface area contributed by atoms with Gasteiger partial charge in [0.2, 0.25) is 0 Å². The Morgan fingerprint density at radius 1 is 1.36 bits per heavy atom. The molecule has 78 valence electrons. The van der Waals surface area contributed by atoms with Crippen LogP contribution in [0.4, 0.5) is 10.1 Å². The molecule has 0 aromatic heterocycles. The quantitative estimate of drug-likeness (QED) is 0.478. The minimum atomic E-state index is -0.218. The Labute approximate surface area is 92.6 Å². The van der Waals surface area contributed by atoms with Gasteiger partial charge in [0.15, 0.2) is 0 Å². The Morgan fingerprint density at radius 2 is 2.14 bits per heavy atom. The van der Waals surface area contributed by atoms with Gasteiger partial charge in [0, 0.05) is 22.1 Å². The van der Waals surface area contributed by atoms with E-state index in [1.54, 1.807) is 17.8 Å². The van der Waals surface area contributed by atoms with E-state index in [4.69, 9.17) is 5.73 Å². The number of rotatable bonds is 5. The summed E-state index contributed by atoms with van der Waals surface area (Å²) in [7, 11) is 0. The number of hydrogen-bond donors (Lipinski definition) is 1. The fourth-order valence-corrected chi connectivity index (χ4v) is 2.73. The molecule has 4 heteroatoms. The summed E-state index contributed by atoms with van der Waals surface area (Å²) in [4.78, 5) is 0.849. The molecule has 0 bridgehead atoms. The molecule has 1 rings (SSSR count). The number of nitrogen functional groups attached to an aromatic ring is 1. The zero-order valence-electron chi connectivity index (χ0n) is 8.13. The summed E-state index contributed by atoms with van der Waals surface area (Å²) in [6, 6.07) is 4.50. The lowest BCUT2D eigenvalue weighted by Gasteiger charge is -2.04. The zero-order chi connectivity index (χ0) is 10.4. The molecule has 1 aromatic rings. The second kappa shape index (κ2) is 6.19. The molecule has 0 saturated carbocycles. The van der Waals surface area contributed by atoms with Crippen LogP contribution in [0.3, 0.4) is 0 Å². The molecular formula is C10H14FNS2. The van der Waals surface area contributed by atoms with E-state index in [0.29, 0.717) is 5.69 Å². The maximum absolute atomic E-state index is 12.8.